The van der Waals surface area contributed by atoms with Crippen LogP contribution in [0.15, 0.2) is 0 Å². The van der Waals surface area contributed by atoms with Gasteiger partial charge in [-0.3, -0.25) is 37.3 Å². The van der Waals surface area contributed by atoms with Gasteiger partial charge in [0.25, 0.3) is 0 Å². The third-order valence-electron chi connectivity index (χ3n) is 16.0. The summed E-state index contributed by atoms with van der Waals surface area (Å²) in [6, 6.07) is 0. The van der Waals surface area contributed by atoms with Crippen LogP contribution in [0.2, 0.25) is 0 Å². The molecule has 0 heterocycles. The van der Waals surface area contributed by atoms with Crippen LogP contribution in [0.3, 0.4) is 0 Å². The van der Waals surface area contributed by atoms with Crippen molar-refractivity contribution in [2.75, 3.05) is 39.6 Å². The van der Waals surface area contributed by atoms with Crippen LogP contribution in [-0.2, 0) is 65.4 Å². The topological polar surface area (TPSA) is 237 Å². The first kappa shape index (κ1) is 84.1. The van der Waals surface area contributed by atoms with E-state index in [1.807, 2.05) is 0 Å². The molecule has 0 fully saturated rings. The first-order valence-corrected chi connectivity index (χ1v) is 37.8. The van der Waals surface area contributed by atoms with Crippen LogP contribution < -0.4 is 0 Å². The Labute approximate surface area is 524 Å². The van der Waals surface area contributed by atoms with Gasteiger partial charge < -0.3 is 33.8 Å². The van der Waals surface area contributed by atoms with Gasteiger partial charge in [0.2, 0.25) is 0 Å². The molecule has 86 heavy (non-hydrogen) atoms. The van der Waals surface area contributed by atoms with Crippen LogP contribution in [0.4, 0.5) is 0 Å². The van der Waals surface area contributed by atoms with Crippen LogP contribution in [0.25, 0.3) is 0 Å². The van der Waals surface area contributed by atoms with Gasteiger partial charge in [-0.1, -0.05) is 274 Å². The predicted molar refractivity (Wildman–Crippen MR) is 344 cm³/mol. The molecular weight excluding hydrogens is 1140 g/mol. The lowest BCUT2D eigenvalue weighted by Crippen LogP contribution is -2.30. The molecule has 0 radical (unpaired) electrons. The Morgan fingerprint density at radius 3 is 0.826 bits per heavy atom. The van der Waals surface area contributed by atoms with Gasteiger partial charge in [-0.15, -0.1) is 0 Å². The van der Waals surface area contributed by atoms with Crippen molar-refractivity contribution < 1.29 is 80.2 Å². The van der Waals surface area contributed by atoms with Crippen LogP contribution >= 0.6 is 15.6 Å². The standard InChI is InChI=1S/C67H130O17P2/c1-9-59(7)45-37-29-20-17-18-22-34-42-50-67(72)84-63(54-78-65(70)48-40-32-26-24-30-38-46-60(8)10-2)56-82-86(75,76)80-52-61(68)51-79-85(73,74)81-55-62(53-77-64(69)47-39-31-25-23-28-36-44-58(5)6)83-66(71)49-41-33-21-16-14-12-11-13-15-19-27-35-43-57(3)4/h57-63,68H,9-56H2,1-8H3,(H,73,74)(H,75,76)/t59?,60?,61-,62-,63-/m1/s1. The number of aliphatic hydroxyl groups excluding tert-OH is 1. The summed E-state index contributed by atoms with van der Waals surface area (Å²) in [6.45, 7) is 14.0. The number of aliphatic hydroxyl groups is 1. The van der Waals surface area contributed by atoms with Crippen LogP contribution in [0, 0.1) is 23.7 Å². The molecule has 3 N–H and O–H groups in total. The van der Waals surface area contributed by atoms with Crippen molar-refractivity contribution in [1.82, 2.24) is 0 Å². The number of phosphoric ester groups is 2. The van der Waals surface area contributed by atoms with Gasteiger partial charge in [0, 0.05) is 25.7 Å². The molecule has 0 rings (SSSR count). The maximum absolute atomic E-state index is 13.0. The molecule has 0 bridgehead atoms. The summed E-state index contributed by atoms with van der Waals surface area (Å²) in [4.78, 5) is 72.3. The van der Waals surface area contributed by atoms with Crippen molar-refractivity contribution in [3.63, 3.8) is 0 Å². The molecule has 0 saturated heterocycles. The molecule has 17 nitrogen and oxygen atoms in total. The molecule has 510 valence electrons. The van der Waals surface area contributed by atoms with E-state index in [0.29, 0.717) is 31.6 Å². The molecule has 7 atom stereocenters. The first-order valence-electron chi connectivity index (χ1n) is 34.8. The SMILES string of the molecule is CCC(C)CCCCCCCCCCC(=O)O[C@H](COC(=O)CCCCCCCCC(C)CC)COP(=O)(O)OC[C@H](O)COP(=O)(O)OC[C@@H](COC(=O)CCCCCCCCC(C)C)OC(=O)CCCCCCCCCCCCCCC(C)C. The van der Waals surface area contributed by atoms with E-state index in [2.05, 4.69) is 55.4 Å². The van der Waals surface area contributed by atoms with E-state index in [1.165, 1.54) is 116 Å². The highest BCUT2D eigenvalue weighted by Crippen LogP contribution is 2.45. The average molecular weight is 1270 g/mol. The van der Waals surface area contributed by atoms with Crippen LogP contribution in [-0.4, -0.2) is 96.7 Å². The molecular formula is C67H130O17P2. The second-order valence-electron chi connectivity index (χ2n) is 25.6. The number of phosphoric acid groups is 2. The van der Waals surface area contributed by atoms with Crippen molar-refractivity contribution in [3.05, 3.63) is 0 Å². The number of unbranched alkanes of at least 4 members (excludes halogenated alkanes) is 28. The summed E-state index contributed by atoms with van der Waals surface area (Å²) in [5.41, 5.74) is 0. The van der Waals surface area contributed by atoms with Gasteiger partial charge in [-0.05, 0) is 49.4 Å². The van der Waals surface area contributed by atoms with Gasteiger partial charge in [0.05, 0.1) is 26.4 Å². The Balaban J connectivity index is 5.25. The van der Waals surface area contributed by atoms with Crippen molar-refractivity contribution in [3.8, 4) is 0 Å². The fraction of sp³-hybridized carbons (Fsp3) is 0.940. The smallest absolute Gasteiger partial charge is 0.462 e. The molecule has 0 spiro atoms. The number of rotatable bonds is 64. The zero-order valence-corrected chi connectivity index (χ0v) is 57.7. The van der Waals surface area contributed by atoms with E-state index in [-0.39, 0.29) is 25.7 Å². The molecule has 0 saturated carbocycles. The summed E-state index contributed by atoms with van der Waals surface area (Å²) in [5.74, 6) is 0.819. The fourth-order valence-corrected chi connectivity index (χ4v) is 11.5. The number of hydrogen-bond donors (Lipinski definition) is 3. The average Bonchev–Trinajstić information content (AvgIpc) is 3.62. The number of esters is 4. The van der Waals surface area contributed by atoms with Crippen LogP contribution in [0.1, 0.15) is 325 Å². The van der Waals surface area contributed by atoms with Crippen molar-refractivity contribution in [2.45, 2.75) is 343 Å². The minimum Gasteiger partial charge on any atom is -0.462 e. The second-order valence-corrected chi connectivity index (χ2v) is 28.6. The summed E-state index contributed by atoms with van der Waals surface area (Å²) in [5, 5.41) is 10.6. The third-order valence-corrected chi connectivity index (χ3v) is 17.9. The lowest BCUT2D eigenvalue weighted by Gasteiger charge is -2.21. The third kappa shape index (κ3) is 58.4. The van der Waals surface area contributed by atoms with Crippen molar-refractivity contribution in [1.29, 1.82) is 0 Å². The second kappa shape index (κ2) is 57.0. The maximum Gasteiger partial charge on any atom is 0.472 e. The molecule has 0 aliphatic rings. The largest absolute Gasteiger partial charge is 0.472 e. The van der Waals surface area contributed by atoms with Gasteiger partial charge in [-0.2, -0.15) is 0 Å². The zero-order chi connectivity index (χ0) is 63.9. The van der Waals surface area contributed by atoms with E-state index in [1.54, 1.807) is 0 Å². The Hall–Kier alpha value is -1.94. The Kier molecular flexibility index (Phi) is 55.7. The van der Waals surface area contributed by atoms with E-state index in [9.17, 15) is 43.2 Å². The van der Waals surface area contributed by atoms with Gasteiger partial charge >= 0.3 is 39.5 Å². The highest BCUT2D eigenvalue weighted by atomic mass is 31.2. The highest BCUT2D eigenvalue weighted by molar-refractivity contribution is 7.47. The van der Waals surface area contributed by atoms with E-state index in [0.717, 1.165) is 120 Å². The molecule has 0 aliphatic carbocycles. The molecule has 0 aromatic carbocycles. The molecule has 0 aromatic heterocycles. The number of carbonyl (C=O) groups excluding carboxylic acids is 4. The van der Waals surface area contributed by atoms with Gasteiger partial charge in [0.1, 0.15) is 19.3 Å². The summed E-state index contributed by atoms with van der Waals surface area (Å²) in [7, 11) is -9.90. The molecule has 0 aromatic rings. The quantitative estimate of drug-likeness (QED) is 0.0222. The monoisotopic (exact) mass is 1270 g/mol. The van der Waals surface area contributed by atoms with E-state index in [4.69, 9.17) is 37.0 Å². The lowest BCUT2D eigenvalue weighted by molar-refractivity contribution is -0.161. The Morgan fingerprint density at radius 2 is 0.558 bits per heavy atom. The Bertz CT molecular complexity index is 1720. The summed E-state index contributed by atoms with van der Waals surface area (Å²) in [6.07, 6.45) is 37.7. The minimum absolute atomic E-state index is 0.103. The van der Waals surface area contributed by atoms with Gasteiger partial charge in [0.15, 0.2) is 12.2 Å². The Morgan fingerprint density at radius 1 is 0.326 bits per heavy atom. The van der Waals surface area contributed by atoms with E-state index >= 15 is 0 Å². The van der Waals surface area contributed by atoms with Crippen molar-refractivity contribution in [2.24, 2.45) is 23.7 Å². The lowest BCUT2D eigenvalue weighted by atomic mass is 9.99. The number of hydrogen-bond acceptors (Lipinski definition) is 15. The first-order chi connectivity index (χ1) is 41.2. The molecule has 0 aliphatic heterocycles. The molecule has 19 heteroatoms. The van der Waals surface area contributed by atoms with Gasteiger partial charge in [-0.25, -0.2) is 9.13 Å². The summed E-state index contributed by atoms with van der Waals surface area (Å²) >= 11 is 0. The predicted octanol–water partition coefficient (Wildman–Crippen LogP) is 18.5. The molecule has 0 amide bonds. The maximum atomic E-state index is 13.0. The number of carbonyl (C=O) groups is 4. The minimum atomic E-state index is -4.95. The zero-order valence-electron chi connectivity index (χ0n) is 55.9. The normalized spacial score (nSPS) is 15.0. The summed E-state index contributed by atoms with van der Waals surface area (Å²) < 4.78 is 68.1. The number of ether oxygens (including phenoxy) is 4. The van der Waals surface area contributed by atoms with Crippen LogP contribution in [0.5, 0.6) is 0 Å². The fourth-order valence-electron chi connectivity index (χ4n) is 9.89. The molecule has 4 unspecified atom stereocenters. The van der Waals surface area contributed by atoms with Crippen molar-refractivity contribution >= 4 is 39.5 Å². The van der Waals surface area contributed by atoms with E-state index < -0.39 is 97.5 Å². The highest BCUT2D eigenvalue weighted by Gasteiger charge is 2.30.